The highest BCUT2D eigenvalue weighted by Gasteiger charge is 2.53. The smallest absolute Gasteiger partial charge is 0.435 e. The first-order valence-corrected chi connectivity index (χ1v) is 10.4. The van der Waals surface area contributed by atoms with Gasteiger partial charge in [-0.25, -0.2) is 0 Å². The van der Waals surface area contributed by atoms with Gasteiger partial charge in [-0.05, 0) is 44.7 Å². The van der Waals surface area contributed by atoms with Gasteiger partial charge >= 0.3 is 6.18 Å². The monoisotopic (exact) mass is 375 g/mol. The van der Waals surface area contributed by atoms with Crippen LogP contribution >= 0.6 is 0 Å². The van der Waals surface area contributed by atoms with Gasteiger partial charge < -0.3 is 4.55 Å². The minimum absolute atomic E-state index is 0.164. The molecule has 4 nitrogen and oxygen atoms in total. The number of hydrogen-bond donors (Lipinski definition) is 0. The molecule has 0 amide bonds. The summed E-state index contributed by atoms with van der Waals surface area (Å²) in [5, 5.41) is 3.65. The Labute approximate surface area is 148 Å². The van der Waals surface area contributed by atoms with Crippen molar-refractivity contribution in [3.63, 3.8) is 0 Å². The van der Waals surface area contributed by atoms with Crippen molar-refractivity contribution in [3.05, 3.63) is 17.5 Å². The van der Waals surface area contributed by atoms with Crippen LogP contribution in [0.25, 0.3) is 0 Å². The van der Waals surface area contributed by atoms with Crippen LogP contribution in [0.3, 0.4) is 0 Å². The van der Waals surface area contributed by atoms with E-state index in [1.807, 2.05) is 0 Å². The van der Waals surface area contributed by atoms with Crippen LogP contribution in [0.5, 0.6) is 0 Å². The molecular formula is C17H24F3N3OS. The fraction of sp³-hybridized carbons (Fsp3) is 0.824. The van der Waals surface area contributed by atoms with E-state index in [0.717, 1.165) is 56.7 Å². The van der Waals surface area contributed by atoms with Gasteiger partial charge in [-0.3, -0.25) is 9.58 Å². The molecule has 0 atom stereocenters. The highest BCUT2D eigenvalue weighted by molar-refractivity contribution is 7.92. The number of halogens is 3. The predicted octanol–water partition coefficient (Wildman–Crippen LogP) is 2.92. The van der Waals surface area contributed by atoms with Gasteiger partial charge in [0.05, 0.1) is 5.41 Å². The van der Waals surface area contributed by atoms with Crippen molar-refractivity contribution in [2.75, 3.05) is 24.6 Å². The van der Waals surface area contributed by atoms with Gasteiger partial charge in [0.1, 0.15) is 11.5 Å². The van der Waals surface area contributed by atoms with Gasteiger partial charge in [0.2, 0.25) is 0 Å². The maximum absolute atomic E-state index is 12.9. The van der Waals surface area contributed by atoms with E-state index in [1.54, 1.807) is 7.05 Å². The second-order valence-corrected chi connectivity index (χ2v) is 9.49. The Morgan fingerprint density at radius 1 is 1.24 bits per heavy atom. The molecule has 0 bridgehead atoms. The zero-order valence-corrected chi connectivity index (χ0v) is 15.2. The number of hydrogen-bond acceptors (Lipinski definition) is 3. The number of rotatable bonds is 2. The summed E-state index contributed by atoms with van der Waals surface area (Å²) in [6.07, 6.45) is 0.649. The molecular weight excluding hydrogens is 351 g/mol. The second-order valence-electron chi connectivity index (χ2n) is 8.03. The normalized spacial score (nSPS) is 36.8. The van der Waals surface area contributed by atoms with E-state index in [0.29, 0.717) is 17.2 Å². The molecule has 3 aliphatic rings. The van der Waals surface area contributed by atoms with Crippen LogP contribution in [0, 0.1) is 5.41 Å². The van der Waals surface area contributed by atoms with Crippen molar-refractivity contribution in [1.29, 1.82) is 0 Å². The Morgan fingerprint density at radius 2 is 1.92 bits per heavy atom. The van der Waals surface area contributed by atoms with Crippen LogP contribution < -0.4 is 0 Å². The summed E-state index contributed by atoms with van der Waals surface area (Å²) < 4.78 is 51.4. The second kappa shape index (κ2) is 6.16. The summed E-state index contributed by atoms with van der Waals surface area (Å²) in [5.41, 5.74) is 0.218. The van der Waals surface area contributed by atoms with Gasteiger partial charge in [0, 0.05) is 31.2 Å². The summed E-state index contributed by atoms with van der Waals surface area (Å²) in [6, 6.07) is 1.75. The molecule has 3 fully saturated rings. The molecule has 25 heavy (non-hydrogen) atoms. The molecule has 2 saturated heterocycles. The standard InChI is InChI=1S/C17H24F3N3OS/c1-22-14(8-15(21-22)17(18,19)20)12-2-4-13(5-3-12)23-7-6-16(9-23)10-25(24)11-16/h8,12-13H,2-7,9-11H2,1H3/t12-,13+,16?,25?. The Morgan fingerprint density at radius 3 is 2.48 bits per heavy atom. The molecule has 1 saturated carbocycles. The zero-order valence-electron chi connectivity index (χ0n) is 14.4. The maximum atomic E-state index is 12.9. The summed E-state index contributed by atoms with van der Waals surface area (Å²) in [7, 11) is 1.61. The van der Waals surface area contributed by atoms with Crippen LogP contribution in [-0.2, 0) is 24.4 Å². The van der Waals surface area contributed by atoms with Gasteiger partial charge in [-0.2, -0.15) is 18.3 Å². The van der Waals surface area contributed by atoms with E-state index in [-0.39, 0.29) is 5.92 Å². The van der Waals surface area contributed by atoms with E-state index < -0.39 is 23.0 Å². The lowest BCUT2D eigenvalue weighted by atomic mass is 9.83. The number of likely N-dealkylation sites (tertiary alicyclic amines) is 1. The van der Waals surface area contributed by atoms with Crippen LogP contribution in [0.1, 0.15) is 49.4 Å². The molecule has 1 spiro atoms. The number of nitrogens with zero attached hydrogens (tertiary/aromatic N) is 3. The first kappa shape index (κ1) is 17.7. The van der Waals surface area contributed by atoms with Crippen molar-refractivity contribution in [1.82, 2.24) is 14.7 Å². The molecule has 1 aromatic heterocycles. The topological polar surface area (TPSA) is 44.1 Å². The van der Waals surface area contributed by atoms with Crippen molar-refractivity contribution >= 4 is 11.2 Å². The van der Waals surface area contributed by atoms with Gasteiger partial charge in [0.25, 0.3) is 0 Å². The lowest BCUT2D eigenvalue weighted by Gasteiger charge is -2.40. The summed E-state index contributed by atoms with van der Waals surface area (Å²) in [4.78, 5) is 2.54. The highest BCUT2D eigenvalue weighted by atomic mass is 32.2. The number of aromatic nitrogens is 2. The maximum Gasteiger partial charge on any atom is 0.435 e. The van der Waals surface area contributed by atoms with Crippen LogP contribution in [0.15, 0.2) is 6.07 Å². The first-order chi connectivity index (χ1) is 11.8. The lowest BCUT2D eigenvalue weighted by Crippen LogP contribution is -2.51. The SMILES string of the molecule is Cn1nc(C(F)(F)F)cc1[C@H]1CC[C@@H](N2CCC3(C2)C[S+]([O-])C3)CC1. The van der Waals surface area contributed by atoms with E-state index >= 15 is 0 Å². The molecule has 1 aromatic rings. The third-order valence-electron chi connectivity index (χ3n) is 6.24. The van der Waals surface area contributed by atoms with Crippen LogP contribution in [0.4, 0.5) is 13.2 Å². The summed E-state index contributed by atoms with van der Waals surface area (Å²) in [6.45, 7) is 2.13. The molecule has 8 heteroatoms. The predicted molar refractivity (Wildman–Crippen MR) is 89.7 cm³/mol. The van der Waals surface area contributed by atoms with Gasteiger partial charge in [-0.1, -0.05) is 11.2 Å². The van der Waals surface area contributed by atoms with Crippen LogP contribution in [-0.4, -0.2) is 49.9 Å². The van der Waals surface area contributed by atoms with E-state index in [2.05, 4.69) is 10.00 Å². The van der Waals surface area contributed by atoms with Crippen molar-refractivity contribution in [2.24, 2.45) is 12.5 Å². The fourth-order valence-corrected chi connectivity index (χ4v) is 6.65. The average molecular weight is 375 g/mol. The van der Waals surface area contributed by atoms with Crippen molar-refractivity contribution < 1.29 is 17.7 Å². The summed E-state index contributed by atoms with van der Waals surface area (Å²) >= 11 is -0.608. The quantitative estimate of drug-likeness (QED) is 0.747. The fourth-order valence-electron chi connectivity index (χ4n) is 4.90. The Balaban J connectivity index is 1.35. The van der Waals surface area contributed by atoms with E-state index in [1.165, 1.54) is 10.7 Å². The van der Waals surface area contributed by atoms with E-state index in [4.69, 9.17) is 0 Å². The number of alkyl halides is 3. The molecule has 2 aliphatic heterocycles. The molecule has 3 heterocycles. The molecule has 1 aliphatic carbocycles. The first-order valence-electron chi connectivity index (χ1n) is 8.96. The van der Waals surface area contributed by atoms with Gasteiger partial charge in [0.15, 0.2) is 5.69 Å². The third kappa shape index (κ3) is 3.32. The van der Waals surface area contributed by atoms with Gasteiger partial charge in [-0.15, -0.1) is 0 Å². The minimum Gasteiger partial charge on any atom is -0.616 e. The third-order valence-corrected chi connectivity index (χ3v) is 8.11. The Kier molecular flexibility index (Phi) is 4.36. The molecule has 0 unspecified atom stereocenters. The number of aryl methyl sites for hydroxylation is 1. The molecule has 140 valence electrons. The lowest BCUT2D eigenvalue weighted by molar-refractivity contribution is -0.141. The largest absolute Gasteiger partial charge is 0.616 e. The molecule has 0 N–H and O–H groups in total. The van der Waals surface area contributed by atoms with Crippen molar-refractivity contribution in [3.8, 4) is 0 Å². The average Bonchev–Trinajstić information content (AvgIpc) is 3.11. The highest BCUT2D eigenvalue weighted by Crippen LogP contribution is 2.44. The Bertz CT molecular complexity index is 634. The van der Waals surface area contributed by atoms with Crippen LogP contribution in [0.2, 0.25) is 0 Å². The molecule has 4 rings (SSSR count). The van der Waals surface area contributed by atoms with E-state index in [9.17, 15) is 17.7 Å². The Hall–Kier alpha value is -0.730. The minimum atomic E-state index is -4.38. The zero-order chi connectivity index (χ0) is 17.8. The van der Waals surface area contributed by atoms with Crippen molar-refractivity contribution in [2.45, 2.75) is 50.2 Å². The molecule has 0 aromatic carbocycles. The summed E-state index contributed by atoms with van der Waals surface area (Å²) in [5.74, 6) is 1.87. The molecule has 0 radical (unpaired) electrons.